The van der Waals surface area contributed by atoms with Crippen LogP contribution in [0.5, 0.6) is 0 Å². The van der Waals surface area contributed by atoms with E-state index in [4.69, 9.17) is 0 Å². The molecule has 1 saturated carbocycles. The van der Waals surface area contributed by atoms with Crippen LogP contribution in [0.15, 0.2) is 0 Å². The summed E-state index contributed by atoms with van der Waals surface area (Å²) in [4.78, 5) is 13.6. The number of nitrogens with zero attached hydrogens (tertiary/aromatic N) is 1. The Hall–Kier alpha value is -0.530. The molecular formula is C9H15NO. The van der Waals surface area contributed by atoms with Gasteiger partial charge in [0.1, 0.15) is 0 Å². The Kier molecular flexibility index (Phi) is 1.44. The van der Waals surface area contributed by atoms with Crippen molar-refractivity contribution in [3.63, 3.8) is 0 Å². The number of hydrogen-bond donors (Lipinski definition) is 0. The lowest BCUT2D eigenvalue weighted by Gasteiger charge is -2.25. The van der Waals surface area contributed by atoms with Crippen LogP contribution in [0.3, 0.4) is 0 Å². The molecule has 0 spiro atoms. The van der Waals surface area contributed by atoms with Crippen LogP contribution in [0.25, 0.3) is 0 Å². The Morgan fingerprint density at radius 1 is 1.45 bits per heavy atom. The molecule has 2 fully saturated rings. The first-order chi connectivity index (χ1) is 5.20. The molecule has 0 N–H and O–H groups in total. The molecule has 1 amide bonds. The average molecular weight is 153 g/mol. The van der Waals surface area contributed by atoms with Gasteiger partial charge in [-0.05, 0) is 32.6 Å². The third-order valence-electron chi connectivity index (χ3n) is 3.07. The minimum absolute atomic E-state index is 0.410. The molecule has 1 saturated heterocycles. The van der Waals surface area contributed by atoms with Gasteiger partial charge in [-0.25, -0.2) is 0 Å². The normalized spacial score (nSPS) is 35.9. The van der Waals surface area contributed by atoms with Gasteiger partial charge in [-0.2, -0.15) is 0 Å². The summed E-state index contributed by atoms with van der Waals surface area (Å²) in [5.41, 5.74) is 0. The molecule has 0 aromatic carbocycles. The molecule has 0 aromatic heterocycles. The van der Waals surface area contributed by atoms with Gasteiger partial charge in [-0.3, -0.25) is 4.79 Å². The van der Waals surface area contributed by atoms with Gasteiger partial charge in [0.15, 0.2) is 0 Å². The van der Waals surface area contributed by atoms with Gasteiger partial charge < -0.3 is 4.90 Å². The lowest BCUT2D eigenvalue weighted by atomic mass is 9.76. The highest BCUT2D eigenvalue weighted by atomic mass is 16.2. The molecule has 11 heavy (non-hydrogen) atoms. The van der Waals surface area contributed by atoms with Gasteiger partial charge in [0.05, 0.1) is 0 Å². The van der Waals surface area contributed by atoms with Crippen LogP contribution in [0, 0.1) is 11.8 Å². The maximum atomic E-state index is 11.5. The predicted octanol–water partition coefficient (Wildman–Crippen LogP) is 1.26. The lowest BCUT2D eigenvalue weighted by molar-refractivity contribution is -0.133. The van der Waals surface area contributed by atoms with E-state index in [1.54, 1.807) is 0 Å². The molecule has 0 aromatic rings. The molecule has 2 nitrogen and oxygen atoms in total. The van der Waals surface area contributed by atoms with E-state index in [2.05, 4.69) is 13.8 Å². The van der Waals surface area contributed by atoms with E-state index in [0.29, 0.717) is 23.8 Å². The fraction of sp³-hybridized carbons (Fsp3) is 0.889. The van der Waals surface area contributed by atoms with E-state index in [9.17, 15) is 4.79 Å². The second-order valence-corrected chi connectivity index (χ2v) is 4.03. The summed E-state index contributed by atoms with van der Waals surface area (Å²) >= 11 is 0. The van der Waals surface area contributed by atoms with Gasteiger partial charge in [-0.15, -0.1) is 0 Å². The van der Waals surface area contributed by atoms with Gasteiger partial charge in [0, 0.05) is 18.5 Å². The zero-order valence-electron chi connectivity index (χ0n) is 7.21. The van der Waals surface area contributed by atoms with Crippen molar-refractivity contribution in [2.75, 3.05) is 6.54 Å². The van der Waals surface area contributed by atoms with Crippen molar-refractivity contribution in [1.29, 1.82) is 0 Å². The molecule has 0 bridgehead atoms. The molecule has 0 radical (unpaired) electrons. The minimum Gasteiger partial charge on any atom is -0.340 e. The molecule has 2 heteroatoms. The molecule has 1 heterocycles. The van der Waals surface area contributed by atoms with Crippen LogP contribution in [0.2, 0.25) is 0 Å². The van der Waals surface area contributed by atoms with Crippen LogP contribution >= 0.6 is 0 Å². The second-order valence-electron chi connectivity index (χ2n) is 4.03. The lowest BCUT2D eigenvalue weighted by Crippen LogP contribution is -2.33. The van der Waals surface area contributed by atoms with Gasteiger partial charge >= 0.3 is 0 Å². The van der Waals surface area contributed by atoms with Gasteiger partial charge in [0.2, 0.25) is 5.91 Å². The van der Waals surface area contributed by atoms with Crippen molar-refractivity contribution >= 4 is 5.91 Å². The fourth-order valence-corrected chi connectivity index (χ4v) is 2.13. The number of fused-ring (bicyclic) bond motifs is 1. The number of rotatable bonds is 1. The highest BCUT2D eigenvalue weighted by Crippen LogP contribution is 2.41. The van der Waals surface area contributed by atoms with E-state index in [0.717, 1.165) is 13.0 Å². The van der Waals surface area contributed by atoms with Crippen LogP contribution in [-0.2, 0) is 4.79 Å². The standard InChI is InChI=1S/C9H15NO/c1-6(2)10-5-7-3-4-8(7)9(10)11/h6-8H,3-5H2,1-2H3. The Morgan fingerprint density at radius 3 is 2.45 bits per heavy atom. The summed E-state index contributed by atoms with van der Waals surface area (Å²) in [5.74, 6) is 1.54. The van der Waals surface area contributed by atoms with E-state index >= 15 is 0 Å². The maximum Gasteiger partial charge on any atom is 0.226 e. The molecule has 2 aliphatic rings. The van der Waals surface area contributed by atoms with Crippen molar-refractivity contribution in [3.8, 4) is 0 Å². The first-order valence-corrected chi connectivity index (χ1v) is 4.50. The summed E-state index contributed by atoms with van der Waals surface area (Å²) in [7, 11) is 0. The van der Waals surface area contributed by atoms with E-state index in [-0.39, 0.29) is 0 Å². The smallest absolute Gasteiger partial charge is 0.226 e. The number of amides is 1. The average Bonchev–Trinajstić information content (AvgIpc) is 2.03. The topological polar surface area (TPSA) is 20.3 Å². The Labute approximate surface area is 67.6 Å². The van der Waals surface area contributed by atoms with E-state index in [1.165, 1.54) is 6.42 Å². The summed E-state index contributed by atoms with van der Waals surface area (Å²) in [6, 6.07) is 0.410. The number of carbonyl (C=O) groups excluding carboxylic acids is 1. The molecule has 2 atom stereocenters. The minimum atomic E-state index is 0.410. The zero-order chi connectivity index (χ0) is 8.01. The Bertz CT molecular complexity index is 188. The quantitative estimate of drug-likeness (QED) is 0.555. The van der Waals surface area contributed by atoms with Crippen molar-refractivity contribution in [2.24, 2.45) is 11.8 Å². The summed E-state index contributed by atoms with van der Waals surface area (Å²) in [6.07, 6.45) is 2.42. The van der Waals surface area contributed by atoms with Gasteiger partial charge in [-0.1, -0.05) is 0 Å². The number of likely N-dealkylation sites (tertiary alicyclic amines) is 1. The Balaban J connectivity index is 2.09. The molecule has 1 aliphatic carbocycles. The predicted molar refractivity (Wildman–Crippen MR) is 43.1 cm³/mol. The Morgan fingerprint density at radius 2 is 2.18 bits per heavy atom. The first-order valence-electron chi connectivity index (χ1n) is 4.50. The van der Waals surface area contributed by atoms with E-state index < -0.39 is 0 Å². The van der Waals surface area contributed by atoms with Crippen LogP contribution in [-0.4, -0.2) is 23.4 Å². The number of hydrogen-bond acceptors (Lipinski definition) is 1. The third kappa shape index (κ3) is 0.883. The summed E-state index contributed by atoms with van der Waals surface area (Å²) in [5, 5.41) is 0. The van der Waals surface area contributed by atoms with Gasteiger partial charge in [0.25, 0.3) is 0 Å². The second kappa shape index (κ2) is 2.23. The monoisotopic (exact) mass is 153 g/mol. The SMILES string of the molecule is CC(C)N1CC2CCC2C1=O. The molecule has 62 valence electrons. The van der Waals surface area contributed by atoms with Crippen molar-refractivity contribution in [2.45, 2.75) is 32.7 Å². The maximum absolute atomic E-state index is 11.5. The molecular weight excluding hydrogens is 138 g/mol. The molecule has 2 rings (SSSR count). The third-order valence-corrected chi connectivity index (χ3v) is 3.07. The molecule has 2 unspecified atom stereocenters. The van der Waals surface area contributed by atoms with Crippen molar-refractivity contribution in [3.05, 3.63) is 0 Å². The largest absolute Gasteiger partial charge is 0.340 e. The zero-order valence-corrected chi connectivity index (χ0v) is 7.21. The van der Waals surface area contributed by atoms with Crippen LogP contribution in [0.4, 0.5) is 0 Å². The summed E-state index contributed by atoms with van der Waals surface area (Å²) in [6.45, 7) is 5.23. The van der Waals surface area contributed by atoms with Crippen molar-refractivity contribution in [1.82, 2.24) is 4.90 Å². The van der Waals surface area contributed by atoms with E-state index in [1.807, 2.05) is 4.90 Å². The first kappa shape index (κ1) is 7.14. The molecule has 1 aliphatic heterocycles. The van der Waals surface area contributed by atoms with Crippen molar-refractivity contribution < 1.29 is 4.79 Å². The summed E-state index contributed by atoms with van der Waals surface area (Å²) < 4.78 is 0. The number of carbonyl (C=O) groups is 1. The highest BCUT2D eigenvalue weighted by Gasteiger charge is 2.46. The van der Waals surface area contributed by atoms with Crippen LogP contribution in [0.1, 0.15) is 26.7 Å². The fourth-order valence-electron chi connectivity index (χ4n) is 2.13. The highest BCUT2D eigenvalue weighted by molar-refractivity contribution is 5.82. The van der Waals surface area contributed by atoms with Crippen LogP contribution < -0.4 is 0 Å².